The number of hydrogen-bond acceptors (Lipinski definition) is 3. The van der Waals surface area contributed by atoms with Gasteiger partial charge in [-0.3, -0.25) is 4.79 Å². The van der Waals surface area contributed by atoms with Gasteiger partial charge in [-0.1, -0.05) is 31.9 Å². The highest BCUT2D eigenvalue weighted by atomic mass is 35.5. The van der Waals surface area contributed by atoms with Crippen LogP contribution in [0.1, 0.15) is 38.7 Å². The van der Waals surface area contributed by atoms with Gasteiger partial charge >= 0.3 is 0 Å². The van der Waals surface area contributed by atoms with E-state index in [1.807, 2.05) is 6.07 Å². The Morgan fingerprint density at radius 1 is 1.38 bits per heavy atom. The van der Waals surface area contributed by atoms with Crippen LogP contribution in [-0.4, -0.2) is 30.4 Å². The van der Waals surface area contributed by atoms with E-state index in [0.717, 1.165) is 32.5 Å². The standard InChI is InChI=1S/C16H22ClN3O/c1-3-5-9-20(4-2)10-8-16(21)19-14-7-6-13(12-18)15(17)11-14/h6-7,11H,3-5,8-10H2,1-2H3,(H,19,21). The van der Waals surface area contributed by atoms with E-state index >= 15 is 0 Å². The third kappa shape index (κ3) is 6.16. The summed E-state index contributed by atoms with van der Waals surface area (Å²) in [5.41, 5.74) is 1.03. The Morgan fingerprint density at radius 2 is 2.14 bits per heavy atom. The van der Waals surface area contributed by atoms with Crippen LogP contribution < -0.4 is 5.32 Å². The molecule has 4 nitrogen and oxygen atoms in total. The molecule has 0 radical (unpaired) electrons. The Bertz CT molecular complexity index is 511. The van der Waals surface area contributed by atoms with Gasteiger partial charge in [-0.15, -0.1) is 0 Å². The lowest BCUT2D eigenvalue weighted by Gasteiger charge is -2.19. The largest absolute Gasteiger partial charge is 0.326 e. The second-order valence-electron chi connectivity index (χ2n) is 4.89. The average Bonchev–Trinajstić information content (AvgIpc) is 2.47. The number of benzene rings is 1. The second-order valence-corrected chi connectivity index (χ2v) is 5.30. The molecule has 5 heteroatoms. The minimum Gasteiger partial charge on any atom is -0.326 e. The Kier molecular flexibility index (Phi) is 7.81. The molecule has 0 heterocycles. The van der Waals surface area contributed by atoms with Crippen molar-refractivity contribution < 1.29 is 4.79 Å². The maximum Gasteiger partial charge on any atom is 0.225 e. The van der Waals surface area contributed by atoms with Gasteiger partial charge in [0.25, 0.3) is 0 Å². The first-order chi connectivity index (χ1) is 10.1. The number of halogens is 1. The van der Waals surface area contributed by atoms with E-state index in [-0.39, 0.29) is 5.91 Å². The van der Waals surface area contributed by atoms with Crippen LogP contribution in [0.3, 0.4) is 0 Å². The topological polar surface area (TPSA) is 56.1 Å². The van der Waals surface area contributed by atoms with Gasteiger partial charge in [0.1, 0.15) is 6.07 Å². The van der Waals surface area contributed by atoms with Crippen molar-refractivity contribution in [2.24, 2.45) is 0 Å². The van der Waals surface area contributed by atoms with Crippen LogP contribution in [0.4, 0.5) is 5.69 Å². The number of nitriles is 1. The smallest absolute Gasteiger partial charge is 0.225 e. The van der Waals surface area contributed by atoms with Crippen molar-refractivity contribution >= 4 is 23.2 Å². The number of unbranched alkanes of at least 4 members (excludes halogenated alkanes) is 1. The molecule has 1 rings (SSSR count). The monoisotopic (exact) mass is 307 g/mol. The van der Waals surface area contributed by atoms with Crippen LogP contribution in [0, 0.1) is 11.3 Å². The summed E-state index contributed by atoms with van der Waals surface area (Å²) in [6, 6.07) is 6.90. The van der Waals surface area contributed by atoms with Crippen LogP contribution >= 0.6 is 11.6 Å². The number of rotatable bonds is 8. The van der Waals surface area contributed by atoms with Crippen molar-refractivity contribution in [3.63, 3.8) is 0 Å². The summed E-state index contributed by atoms with van der Waals surface area (Å²) in [5.74, 6) is -0.0364. The van der Waals surface area contributed by atoms with Crippen molar-refractivity contribution in [2.45, 2.75) is 33.1 Å². The number of anilines is 1. The van der Waals surface area contributed by atoms with Gasteiger partial charge in [-0.25, -0.2) is 0 Å². The molecule has 0 bridgehead atoms. The first kappa shape index (κ1) is 17.5. The molecule has 0 saturated carbocycles. The van der Waals surface area contributed by atoms with Crippen LogP contribution in [0.15, 0.2) is 18.2 Å². The zero-order valence-electron chi connectivity index (χ0n) is 12.7. The molecule has 0 saturated heterocycles. The summed E-state index contributed by atoms with van der Waals surface area (Å²) in [5, 5.41) is 12.0. The fourth-order valence-corrected chi connectivity index (χ4v) is 2.20. The zero-order valence-corrected chi connectivity index (χ0v) is 13.4. The number of amides is 1. The summed E-state index contributed by atoms with van der Waals surface area (Å²) in [6.45, 7) is 7.01. The third-order valence-corrected chi connectivity index (χ3v) is 3.62. The molecular weight excluding hydrogens is 286 g/mol. The van der Waals surface area contributed by atoms with Crippen LogP contribution in [0.25, 0.3) is 0 Å². The molecule has 0 unspecified atom stereocenters. The zero-order chi connectivity index (χ0) is 15.7. The molecule has 0 aliphatic rings. The predicted molar refractivity (Wildman–Crippen MR) is 86.4 cm³/mol. The molecule has 0 spiro atoms. The fraction of sp³-hybridized carbons (Fsp3) is 0.500. The maximum absolute atomic E-state index is 11.9. The van der Waals surface area contributed by atoms with Crippen molar-refractivity contribution in [1.29, 1.82) is 5.26 Å². The number of carbonyl (C=O) groups is 1. The average molecular weight is 308 g/mol. The Morgan fingerprint density at radius 3 is 2.71 bits per heavy atom. The van der Waals surface area contributed by atoms with Crippen molar-refractivity contribution in [3.8, 4) is 6.07 Å². The van der Waals surface area contributed by atoms with E-state index in [4.69, 9.17) is 16.9 Å². The number of hydrogen-bond donors (Lipinski definition) is 1. The van der Waals surface area contributed by atoms with Gasteiger partial charge in [0, 0.05) is 18.7 Å². The molecule has 0 fully saturated rings. The summed E-state index contributed by atoms with van der Waals surface area (Å²) in [7, 11) is 0. The molecule has 114 valence electrons. The number of nitrogens with one attached hydrogen (secondary N) is 1. The minimum atomic E-state index is -0.0364. The molecule has 0 atom stereocenters. The van der Waals surface area contributed by atoms with E-state index < -0.39 is 0 Å². The Balaban J connectivity index is 2.46. The predicted octanol–water partition coefficient (Wildman–Crippen LogP) is 3.66. The van der Waals surface area contributed by atoms with Gasteiger partial charge in [0.05, 0.1) is 10.6 Å². The van der Waals surface area contributed by atoms with Crippen molar-refractivity contribution in [2.75, 3.05) is 25.0 Å². The molecule has 0 aliphatic carbocycles. The maximum atomic E-state index is 11.9. The number of carbonyl (C=O) groups excluding carboxylic acids is 1. The summed E-state index contributed by atoms with van der Waals surface area (Å²) < 4.78 is 0. The molecule has 1 amide bonds. The molecule has 1 aromatic carbocycles. The van der Waals surface area contributed by atoms with E-state index in [9.17, 15) is 4.79 Å². The first-order valence-corrected chi connectivity index (χ1v) is 7.70. The fourth-order valence-electron chi connectivity index (χ4n) is 1.98. The lowest BCUT2D eigenvalue weighted by Crippen LogP contribution is -2.28. The van der Waals surface area contributed by atoms with Crippen LogP contribution in [-0.2, 0) is 4.79 Å². The minimum absolute atomic E-state index is 0.0364. The summed E-state index contributed by atoms with van der Waals surface area (Å²) >= 11 is 5.94. The summed E-state index contributed by atoms with van der Waals surface area (Å²) in [6.07, 6.45) is 2.77. The first-order valence-electron chi connectivity index (χ1n) is 7.32. The van der Waals surface area contributed by atoms with Gasteiger partial charge in [0.2, 0.25) is 5.91 Å². The highest BCUT2D eigenvalue weighted by Crippen LogP contribution is 2.20. The van der Waals surface area contributed by atoms with E-state index in [0.29, 0.717) is 22.7 Å². The molecule has 21 heavy (non-hydrogen) atoms. The highest BCUT2D eigenvalue weighted by molar-refractivity contribution is 6.32. The molecular formula is C16H22ClN3O. The van der Waals surface area contributed by atoms with Gasteiger partial charge in [0.15, 0.2) is 0 Å². The van der Waals surface area contributed by atoms with E-state index in [2.05, 4.69) is 24.1 Å². The molecule has 1 aromatic rings. The Labute approximate surface area is 131 Å². The third-order valence-electron chi connectivity index (χ3n) is 3.30. The Hall–Kier alpha value is -1.57. The van der Waals surface area contributed by atoms with E-state index in [1.54, 1.807) is 18.2 Å². The lowest BCUT2D eigenvalue weighted by atomic mass is 10.2. The molecule has 1 N–H and O–H groups in total. The van der Waals surface area contributed by atoms with Crippen molar-refractivity contribution in [3.05, 3.63) is 28.8 Å². The van der Waals surface area contributed by atoms with Crippen molar-refractivity contribution in [1.82, 2.24) is 4.90 Å². The van der Waals surface area contributed by atoms with Crippen LogP contribution in [0.2, 0.25) is 5.02 Å². The van der Waals surface area contributed by atoms with Gasteiger partial charge < -0.3 is 10.2 Å². The quantitative estimate of drug-likeness (QED) is 0.797. The molecule has 0 aliphatic heterocycles. The highest BCUT2D eigenvalue weighted by Gasteiger charge is 2.08. The van der Waals surface area contributed by atoms with Crippen LogP contribution in [0.5, 0.6) is 0 Å². The number of nitrogens with zero attached hydrogens (tertiary/aromatic N) is 2. The molecule has 0 aromatic heterocycles. The summed E-state index contributed by atoms with van der Waals surface area (Å²) in [4.78, 5) is 14.2. The van der Waals surface area contributed by atoms with E-state index in [1.165, 1.54) is 0 Å². The second kappa shape index (κ2) is 9.38. The lowest BCUT2D eigenvalue weighted by molar-refractivity contribution is -0.116. The SMILES string of the molecule is CCCCN(CC)CCC(=O)Nc1ccc(C#N)c(Cl)c1. The van der Waals surface area contributed by atoms with Gasteiger partial charge in [-0.05, 0) is 37.7 Å². The normalized spacial score (nSPS) is 10.4. The van der Waals surface area contributed by atoms with Gasteiger partial charge in [-0.2, -0.15) is 5.26 Å².